The summed E-state index contributed by atoms with van der Waals surface area (Å²) in [5, 5.41) is 3.72. The van der Waals surface area contributed by atoms with Crippen LogP contribution < -0.4 is 10.1 Å². The van der Waals surface area contributed by atoms with Crippen molar-refractivity contribution in [2.45, 2.75) is 51.5 Å². The standard InChI is InChI=1S/C18H27NO/c1-2-3-14-4-10-17(11-5-14)20-13-12-19-18(15-6-7-15)16-8-9-16/h4-5,10-11,15-16,18-19H,2-3,6-9,12-13H2,1H3. The molecule has 0 radical (unpaired) electrons. The minimum atomic E-state index is 0.781. The van der Waals surface area contributed by atoms with E-state index in [1.165, 1.54) is 37.7 Å². The second kappa shape index (κ2) is 6.62. The summed E-state index contributed by atoms with van der Waals surface area (Å²) in [6.45, 7) is 3.98. The number of rotatable bonds is 9. The largest absolute Gasteiger partial charge is 0.492 e. The van der Waals surface area contributed by atoms with E-state index in [-0.39, 0.29) is 0 Å². The highest BCUT2D eigenvalue weighted by Gasteiger charge is 2.40. The van der Waals surface area contributed by atoms with E-state index >= 15 is 0 Å². The second-order valence-corrected chi connectivity index (χ2v) is 6.40. The molecular weight excluding hydrogens is 246 g/mol. The molecule has 0 saturated heterocycles. The Balaban J connectivity index is 1.36. The van der Waals surface area contributed by atoms with Gasteiger partial charge in [-0.1, -0.05) is 25.5 Å². The third-order valence-electron chi connectivity index (χ3n) is 4.47. The Hall–Kier alpha value is -1.02. The molecule has 3 rings (SSSR count). The van der Waals surface area contributed by atoms with Crippen LogP contribution in [0.1, 0.15) is 44.6 Å². The average molecular weight is 273 g/mol. The zero-order valence-corrected chi connectivity index (χ0v) is 12.6. The minimum Gasteiger partial charge on any atom is -0.492 e. The van der Waals surface area contributed by atoms with Crippen LogP contribution in [0.15, 0.2) is 24.3 Å². The second-order valence-electron chi connectivity index (χ2n) is 6.40. The van der Waals surface area contributed by atoms with Gasteiger partial charge in [-0.3, -0.25) is 0 Å². The molecule has 0 aromatic heterocycles. The molecule has 20 heavy (non-hydrogen) atoms. The molecule has 1 aromatic carbocycles. The molecule has 2 fully saturated rings. The first-order valence-electron chi connectivity index (χ1n) is 8.32. The summed E-state index contributed by atoms with van der Waals surface area (Å²) in [6.07, 6.45) is 8.11. The Morgan fingerprint density at radius 3 is 2.30 bits per heavy atom. The SMILES string of the molecule is CCCc1ccc(OCCNC(C2CC2)C2CC2)cc1. The summed E-state index contributed by atoms with van der Waals surface area (Å²) in [5.74, 6) is 2.94. The van der Waals surface area contributed by atoms with Crippen molar-refractivity contribution in [1.82, 2.24) is 5.32 Å². The fourth-order valence-corrected chi connectivity index (χ4v) is 3.06. The normalized spacial score (nSPS) is 18.5. The smallest absolute Gasteiger partial charge is 0.119 e. The minimum absolute atomic E-state index is 0.781. The van der Waals surface area contributed by atoms with Crippen LogP contribution in [0.4, 0.5) is 0 Å². The number of aryl methyl sites for hydroxylation is 1. The molecule has 2 aliphatic rings. The fraction of sp³-hybridized carbons (Fsp3) is 0.667. The van der Waals surface area contributed by atoms with Crippen molar-refractivity contribution in [3.63, 3.8) is 0 Å². The van der Waals surface area contributed by atoms with Gasteiger partial charge in [0, 0.05) is 12.6 Å². The molecule has 1 aromatic rings. The number of nitrogens with one attached hydrogen (secondary N) is 1. The van der Waals surface area contributed by atoms with Crippen molar-refractivity contribution < 1.29 is 4.74 Å². The lowest BCUT2D eigenvalue weighted by Gasteiger charge is -2.17. The lowest BCUT2D eigenvalue weighted by atomic mass is 10.1. The molecule has 0 unspecified atom stereocenters. The molecule has 2 nitrogen and oxygen atoms in total. The number of hydrogen-bond acceptors (Lipinski definition) is 2. The number of ether oxygens (including phenoxy) is 1. The van der Waals surface area contributed by atoms with Crippen LogP contribution in [0.25, 0.3) is 0 Å². The van der Waals surface area contributed by atoms with E-state index in [0.717, 1.165) is 43.2 Å². The summed E-state index contributed by atoms with van der Waals surface area (Å²) < 4.78 is 5.83. The summed E-state index contributed by atoms with van der Waals surface area (Å²) in [6, 6.07) is 9.35. The van der Waals surface area contributed by atoms with Gasteiger partial charge in [-0.15, -0.1) is 0 Å². The highest BCUT2D eigenvalue weighted by atomic mass is 16.5. The third-order valence-corrected chi connectivity index (χ3v) is 4.47. The molecule has 2 heteroatoms. The molecule has 0 heterocycles. The monoisotopic (exact) mass is 273 g/mol. The van der Waals surface area contributed by atoms with Gasteiger partial charge in [0.1, 0.15) is 12.4 Å². The van der Waals surface area contributed by atoms with Crippen LogP contribution in [0.3, 0.4) is 0 Å². The summed E-state index contributed by atoms with van der Waals surface area (Å²) in [4.78, 5) is 0. The topological polar surface area (TPSA) is 21.3 Å². The van der Waals surface area contributed by atoms with E-state index in [1.54, 1.807) is 0 Å². The maximum Gasteiger partial charge on any atom is 0.119 e. The van der Waals surface area contributed by atoms with E-state index in [1.807, 2.05) is 0 Å². The van der Waals surface area contributed by atoms with E-state index in [4.69, 9.17) is 4.74 Å². The van der Waals surface area contributed by atoms with Crippen molar-refractivity contribution in [2.24, 2.45) is 11.8 Å². The van der Waals surface area contributed by atoms with E-state index in [0.29, 0.717) is 0 Å². The molecule has 1 N–H and O–H groups in total. The van der Waals surface area contributed by atoms with Crippen LogP contribution in [-0.2, 0) is 6.42 Å². The quantitative estimate of drug-likeness (QED) is 0.691. The van der Waals surface area contributed by atoms with Gasteiger partial charge >= 0.3 is 0 Å². The van der Waals surface area contributed by atoms with Crippen molar-refractivity contribution in [3.05, 3.63) is 29.8 Å². The van der Waals surface area contributed by atoms with E-state index in [9.17, 15) is 0 Å². The molecule has 0 amide bonds. The van der Waals surface area contributed by atoms with Crippen LogP contribution in [-0.4, -0.2) is 19.2 Å². The first-order valence-corrected chi connectivity index (χ1v) is 8.32. The Morgan fingerprint density at radius 1 is 1.10 bits per heavy atom. The average Bonchev–Trinajstić information content (AvgIpc) is 3.34. The summed E-state index contributed by atoms with van der Waals surface area (Å²) >= 11 is 0. The van der Waals surface area contributed by atoms with Gasteiger partial charge in [0.05, 0.1) is 0 Å². The molecule has 0 bridgehead atoms. The Morgan fingerprint density at radius 2 is 1.75 bits per heavy atom. The molecule has 0 atom stereocenters. The van der Waals surface area contributed by atoms with Crippen LogP contribution >= 0.6 is 0 Å². The van der Waals surface area contributed by atoms with Gasteiger partial charge in [0.25, 0.3) is 0 Å². The van der Waals surface area contributed by atoms with Crippen LogP contribution in [0.5, 0.6) is 5.75 Å². The van der Waals surface area contributed by atoms with E-state index < -0.39 is 0 Å². The van der Waals surface area contributed by atoms with Crippen LogP contribution in [0, 0.1) is 11.8 Å². The third kappa shape index (κ3) is 3.99. The highest BCUT2D eigenvalue weighted by Crippen LogP contribution is 2.44. The molecule has 110 valence electrons. The predicted octanol–water partition coefficient (Wildman–Crippen LogP) is 3.80. The van der Waals surface area contributed by atoms with E-state index in [2.05, 4.69) is 36.5 Å². The fourth-order valence-electron chi connectivity index (χ4n) is 3.06. The molecule has 0 aliphatic heterocycles. The van der Waals surface area contributed by atoms with Gasteiger partial charge in [-0.2, -0.15) is 0 Å². The van der Waals surface area contributed by atoms with Crippen molar-refractivity contribution in [1.29, 1.82) is 0 Å². The molecular formula is C18H27NO. The van der Waals surface area contributed by atoms with Gasteiger partial charge in [-0.05, 0) is 61.6 Å². The van der Waals surface area contributed by atoms with Crippen LogP contribution in [0.2, 0.25) is 0 Å². The van der Waals surface area contributed by atoms with Gasteiger partial charge in [0.15, 0.2) is 0 Å². The van der Waals surface area contributed by atoms with Crippen molar-refractivity contribution >= 4 is 0 Å². The van der Waals surface area contributed by atoms with Gasteiger partial charge in [0.2, 0.25) is 0 Å². The summed E-state index contributed by atoms with van der Waals surface area (Å²) in [7, 11) is 0. The Bertz CT molecular complexity index is 394. The summed E-state index contributed by atoms with van der Waals surface area (Å²) in [5.41, 5.74) is 1.40. The lowest BCUT2D eigenvalue weighted by Crippen LogP contribution is -2.36. The molecule has 2 saturated carbocycles. The van der Waals surface area contributed by atoms with Gasteiger partial charge in [-0.25, -0.2) is 0 Å². The lowest BCUT2D eigenvalue weighted by molar-refractivity contribution is 0.293. The first kappa shape index (κ1) is 13.9. The zero-order valence-electron chi connectivity index (χ0n) is 12.6. The zero-order chi connectivity index (χ0) is 13.8. The first-order chi connectivity index (χ1) is 9.86. The maximum absolute atomic E-state index is 5.83. The molecule has 2 aliphatic carbocycles. The number of benzene rings is 1. The van der Waals surface area contributed by atoms with Crippen molar-refractivity contribution in [2.75, 3.05) is 13.2 Å². The van der Waals surface area contributed by atoms with Gasteiger partial charge < -0.3 is 10.1 Å². The highest BCUT2D eigenvalue weighted by molar-refractivity contribution is 5.27. The predicted molar refractivity (Wildman–Crippen MR) is 83.2 cm³/mol. The maximum atomic E-state index is 5.83. The Kier molecular flexibility index (Phi) is 4.62. The molecule has 0 spiro atoms. The Labute approximate surface area is 122 Å². The van der Waals surface area contributed by atoms with Crippen molar-refractivity contribution in [3.8, 4) is 5.75 Å². The number of hydrogen-bond donors (Lipinski definition) is 1.